The predicted octanol–water partition coefficient (Wildman–Crippen LogP) is 2.88. The number of carbonyl (C=O) groups excluding carboxylic acids is 1. The highest BCUT2D eigenvalue weighted by Gasteiger charge is 2.28. The molecule has 0 radical (unpaired) electrons. The molecular formula is C18H22FN3O3. The van der Waals surface area contributed by atoms with E-state index in [2.05, 4.69) is 15.5 Å². The third-order valence-corrected chi connectivity index (χ3v) is 4.25. The van der Waals surface area contributed by atoms with Crippen molar-refractivity contribution >= 4 is 5.91 Å². The lowest BCUT2D eigenvalue weighted by Gasteiger charge is -2.24. The van der Waals surface area contributed by atoms with Crippen LogP contribution in [-0.4, -0.2) is 28.8 Å². The van der Waals surface area contributed by atoms with Gasteiger partial charge in [-0.2, -0.15) is 4.98 Å². The maximum atomic E-state index is 13.2. The van der Waals surface area contributed by atoms with E-state index in [1.807, 2.05) is 0 Å². The summed E-state index contributed by atoms with van der Waals surface area (Å²) in [6.45, 7) is 2.45. The summed E-state index contributed by atoms with van der Waals surface area (Å²) in [5.74, 6) is 0.769. The van der Waals surface area contributed by atoms with Crippen molar-refractivity contribution in [2.75, 3.05) is 6.61 Å². The van der Waals surface area contributed by atoms with E-state index in [0.29, 0.717) is 37.6 Å². The minimum absolute atomic E-state index is 0.0685. The second-order valence-electron chi connectivity index (χ2n) is 6.24. The summed E-state index contributed by atoms with van der Waals surface area (Å²) in [7, 11) is 0. The maximum absolute atomic E-state index is 13.2. The molecule has 25 heavy (non-hydrogen) atoms. The van der Waals surface area contributed by atoms with E-state index in [1.54, 1.807) is 19.1 Å². The number of hydrogen-bond acceptors (Lipinski definition) is 5. The van der Waals surface area contributed by atoms with Crippen molar-refractivity contribution in [3.8, 4) is 0 Å². The van der Waals surface area contributed by atoms with Crippen LogP contribution in [0.1, 0.15) is 49.0 Å². The Morgan fingerprint density at radius 2 is 2.20 bits per heavy atom. The van der Waals surface area contributed by atoms with Gasteiger partial charge in [-0.05, 0) is 43.9 Å². The van der Waals surface area contributed by atoms with Gasteiger partial charge in [0.25, 0.3) is 0 Å². The maximum Gasteiger partial charge on any atom is 0.226 e. The summed E-state index contributed by atoms with van der Waals surface area (Å²) < 4.78 is 24.0. The van der Waals surface area contributed by atoms with Crippen LogP contribution < -0.4 is 5.32 Å². The number of aromatic nitrogens is 2. The number of halogens is 1. The second-order valence-corrected chi connectivity index (χ2v) is 6.24. The predicted molar refractivity (Wildman–Crippen MR) is 88.2 cm³/mol. The number of rotatable bonds is 7. The summed E-state index contributed by atoms with van der Waals surface area (Å²) in [6, 6.07) is 5.94. The monoisotopic (exact) mass is 347 g/mol. The fourth-order valence-corrected chi connectivity index (χ4v) is 3.01. The van der Waals surface area contributed by atoms with E-state index in [9.17, 15) is 9.18 Å². The number of nitrogens with one attached hydrogen (secondary N) is 1. The number of benzene rings is 1. The van der Waals surface area contributed by atoms with Gasteiger partial charge in [0.2, 0.25) is 11.8 Å². The van der Waals surface area contributed by atoms with Crippen LogP contribution in [0.3, 0.4) is 0 Å². The molecule has 1 aliphatic rings. The van der Waals surface area contributed by atoms with Crippen LogP contribution in [0.25, 0.3) is 0 Å². The highest BCUT2D eigenvalue weighted by Crippen LogP contribution is 2.27. The molecule has 1 amide bonds. The highest BCUT2D eigenvalue weighted by molar-refractivity contribution is 5.76. The average Bonchev–Trinajstić information content (AvgIpc) is 3.25. The molecule has 2 aromatic rings. The first kappa shape index (κ1) is 17.5. The van der Waals surface area contributed by atoms with Gasteiger partial charge in [0.05, 0.1) is 12.1 Å². The lowest BCUT2D eigenvalue weighted by Crippen LogP contribution is -2.36. The zero-order valence-corrected chi connectivity index (χ0v) is 14.2. The Kier molecular flexibility index (Phi) is 5.75. The minimum atomic E-state index is -0.295. The normalized spacial score (nSPS) is 18.2. The molecule has 1 N–H and O–H groups in total. The summed E-state index contributed by atoms with van der Waals surface area (Å²) in [4.78, 5) is 16.5. The van der Waals surface area contributed by atoms with E-state index in [4.69, 9.17) is 9.26 Å². The first-order chi connectivity index (χ1) is 12.1. The van der Waals surface area contributed by atoms with Gasteiger partial charge in [0, 0.05) is 19.4 Å². The molecule has 1 saturated heterocycles. The molecule has 1 aromatic heterocycles. The number of amides is 1. The molecule has 2 heterocycles. The zero-order valence-electron chi connectivity index (χ0n) is 14.2. The number of carbonyl (C=O) groups is 1. The van der Waals surface area contributed by atoms with Crippen LogP contribution in [0, 0.1) is 12.7 Å². The molecule has 6 nitrogen and oxygen atoms in total. The highest BCUT2D eigenvalue weighted by atomic mass is 19.1. The van der Waals surface area contributed by atoms with Crippen LogP contribution in [0.2, 0.25) is 0 Å². The summed E-state index contributed by atoms with van der Waals surface area (Å²) in [6.07, 6.45) is 3.31. The van der Waals surface area contributed by atoms with Crippen molar-refractivity contribution in [2.45, 2.75) is 51.2 Å². The fraction of sp³-hybridized carbons (Fsp3) is 0.500. The van der Waals surface area contributed by atoms with Crippen LogP contribution in [0.5, 0.6) is 0 Å². The van der Waals surface area contributed by atoms with Crippen molar-refractivity contribution in [1.29, 1.82) is 0 Å². The lowest BCUT2D eigenvalue weighted by molar-refractivity contribution is -0.122. The molecule has 0 aliphatic carbocycles. The van der Waals surface area contributed by atoms with Gasteiger partial charge >= 0.3 is 0 Å². The molecule has 0 unspecified atom stereocenters. The molecule has 1 aliphatic heterocycles. The Morgan fingerprint density at radius 3 is 2.84 bits per heavy atom. The quantitative estimate of drug-likeness (QED) is 0.833. The SMILES string of the molecule is Cc1noc(CCCC(=O)N[C@@H](c2ccc(F)cc2)[C@@H]2CCCO2)n1. The molecule has 1 aromatic carbocycles. The third-order valence-electron chi connectivity index (χ3n) is 4.25. The van der Waals surface area contributed by atoms with E-state index in [-0.39, 0.29) is 23.9 Å². The Morgan fingerprint density at radius 1 is 1.40 bits per heavy atom. The molecular weight excluding hydrogens is 325 g/mol. The van der Waals surface area contributed by atoms with Crippen LogP contribution in [0.15, 0.2) is 28.8 Å². The first-order valence-corrected chi connectivity index (χ1v) is 8.57. The largest absolute Gasteiger partial charge is 0.376 e. The first-order valence-electron chi connectivity index (χ1n) is 8.57. The van der Waals surface area contributed by atoms with Gasteiger partial charge in [0.15, 0.2) is 5.82 Å². The summed E-state index contributed by atoms with van der Waals surface area (Å²) in [5.41, 5.74) is 0.856. The molecule has 7 heteroatoms. The fourth-order valence-electron chi connectivity index (χ4n) is 3.01. The van der Waals surface area contributed by atoms with E-state index >= 15 is 0 Å². The van der Waals surface area contributed by atoms with Crippen molar-refractivity contribution < 1.29 is 18.4 Å². The minimum Gasteiger partial charge on any atom is -0.376 e. The van der Waals surface area contributed by atoms with Crippen LogP contribution in [0.4, 0.5) is 4.39 Å². The van der Waals surface area contributed by atoms with Crippen molar-refractivity contribution in [3.63, 3.8) is 0 Å². The molecule has 3 rings (SSSR count). The number of ether oxygens (including phenoxy) is 1. The molecule has 0 spiro atoms. The van der Waals surface area contributed by atoms with E-state index in [0.717, 1.165) is 18.4 Å². The van der Waals surface area contributed by atoms with Gasteiger partial charge in [-0.25, -0.2) is 4.39 Å². The number of aryl methyl sites for hydroxylation is 2. The number of hydrogen-bond donors (Lipinski definition) is 1. The van der Waals surface area contributed by atoms with Crippen molar-refractivity contribution in [2.24, 2.45) is 0 Å². The number of nitrogens with zero attached hydrogens (tertiary/aromatic N) is 2. The molecule has 1 fully saturated rings. The van der Waals surface area contributed by atoms with Gasteiger partial charge in [-0.1, -0.05) is 17.3 Å². The van der Waals surface area contributed by atoms with E-state index in [1.165, 1.54) is 12.1 Å². The van der Waals surface area contributed by atoms with Crippen LogP contribution in [-0.2, 0) is 16.0 Å². The standard InChI is InChI=1S/C18H22FN3O3/c1-12-20-17(25-22-12)6-2-5-16(23)21-18(15-4-3-11-24-15)13-7-9-14(19)10-8-13/h7-10,15,18H,2-6,11H2,1H3,(H,21,23)/t15-,18-/m0/s1. The molecule has 0 bridgehead atoms. The lowest BCUT2D eigenvalue weighted by atomic mass is 9.99. The second kappa shape index (κ2) is 8.20. The Balaban J connectivity index is 1.57. The molecule has 2 atom stereocenters. The third kappa shape index (κ3) is 4.85. The summed E-state index contributed by atoms with van der Waals surface area (Å²) >= 11 is 0. The van der Waals surface area contributed by atoms with Crippen molar-refractivity contribution in [3.05, 3.63) is 47.4 Å². The van der Waals surface area contributed by atoms with Crippen LogP contribution >= 0.6 is 0 Å². The Bertz CT molecular complexity index is 696. The van der Waals surface area contributed by atoms with Gasteiger partial charge in [-0.15, -0.1) is 0 Å². The van der Waals surface area contributed by atoms with Gasteiger partial charge < -0.3 is 14.6 Å². The molecule has 0 saturated carbocycles. The van der Waals surface area contributed by atoms with Crippen molar-refractivity contribution in [1.82, 2.24) is 15.5 Å². The smallest absolute Gasteiger partial charge is 0.226 e. The Labute approximate surface area is 145 Å². The zero-order chi connectivity index (χ0) is 17.6. The topological polar surface area (TPSA) is 77.2 Å². The van der Waals surface area contributed by atoms with Gasteiger partial charge in [0.1, 0.15) is 5.82 Å². The average molecular weight is 347 g/mol. The molecule has 134 valence electrons. The summed E-state index contributed by atoms with van der Waals surface area (Å²) in [5, 5.41) is 6.76. The van der Waals surface area contributed by atoms with E-state index < -0.39 is 0 Å². The Hall–Kier alpha value is -2.28. The van der Waals surface area contributed by atoms with Gasteiger partial charge in [-0.3, -0.25) is 4.79 Å².